The summed E-state index contributed by atoms with van der Waals surface area (Å²) in [5.74, 6) is 1.06. The molecule has 2 heterocycles. The third-order valence-electron chi connectivity index (χ3n) is 5.68. The first-order valence-corrected chi connectivity index (χ1v) is 9.74. The Morgan fingerprint density at radius 1 is 1.18 bits per heavy atom. The van der Waals surface area contributed by atoms with Crippen LogP contribution in [0.2, 0.25) is 0 Å². The molecule has 1 atom stereocenters. The van der Waals surface area contributed by atoms with Gasteiger partial charge in [0, 0.05) is 37.3 Å². The summed E-state index contributed by atoms with van der Waals surface area (Å²) in [6.45, 7) is 7.16. The van der Waals surface area contributed by atoms with Gasteiger partial charge in [-0.25, -0.2) is 0 Å². The highest BCUT2D eigenvalue weighted by Gasteiger charge is 2.31. The van der Waals surface area contributed by atoms with Gasteiger partial charge in [0.05, 0.1) is 25.0 Å². The number of ether oxygens (including phenoxy) is 1. The molecule has 146 valence electrons. The second-order valence-electron chi connectivity index (χ2n) is 7.26. The topological polar surface area (TPSA) is 61.5 Å². The number of hydrogen-bond donors (Lipinski definition) is 1. The van der Waals surface area contributed by atoms with Crippen molar-refractivity contribution in [3.05, 3.63) is 48.2 Å². The lowest BCUT2D eigenvalue weighted by atomic mass is 10.0. The highest BCUT2D eigenvalue weighted by molar-refractivity contribution is 5.88. The maximum absolute atomic E-state index is 12.5. The normalized spacial score (nSPS) is 18.0. The number of aromatic amines is 1. The van der Waals surface area contributed by atoms with E-state index >= 15 is 0 Å². The Hall–Kier alpha value is -2.86. The van der Waals surface area contributed by atoms with Gasteiger partial charge in [-0.1, -0.05) is 18.2 Å². The molecule has 6 heteroatoms. The molecule has 1 aliphatic heterocycles. The van der Waals surface area contributed by atoms with E-state index in [1.807, 2.05) is 37.1 Å². The Balaban J connectivity index is 1.59. The minimum Gasteiger partial charge on any atom is -0.497 e. The van der Waals surface area contributed by atoms with Crippen molar-refractivity contribution >= 4 is 16.7 Å². The van der Waals surface area contributed by atoms with Crippen molar-refractivity contribution in [3.8, 4) is 17.0 Å². The van der Waals surface area contributed by atoms with Crippen molar-refractivity contribution in [2.24, 2.45) is 0 Å². The summed E-state index contributed by atoms with van der Waals surface area (Å²) in [5.41, 5.74) is 3.21. The number of hydrogen-bond acceptors (Lipinski definition) is 4. The van der Waals surface area contributed by atoms with Crippen molar-refractivity contribution in [1.82, 2.24) is 20.0 Å². The van der Waals surface area contributed by atoms with Crippen molar-refractivity contribution < 1.29 is 9.53 Å². The first-order valence-electron chi connectivity index (χ1n) is 9.74. The Morgan fingerprint density at radius 3 is 2.75 bits per heavy atom. The minimum atomic E-state index is -0.111. The predicted molar refractivity (Wildman–Crippen MR) is 110 cm³/mol. The van der Waals surface area contributed by atoms with Crippen LogP contribution in [0.15, 0.2) is 42.6 Å². The number of likely N-dealkylation sites (N-methyl/N-ethyl adjacent to an activating group) is 1. The lowest BCUT2D eigenvalue weighted by Gasteiger charge is -2.38. The number of carbonyl (C=O) groups is 1. The van der Waals surface area contributed by atoms with Crippen LogP contribution >= 0.6 is 0 Å². The summed E-state index contributed by atoms with van der Waals surface area (Å²) < 4.78 is 5.31. The van der Waals surface area contributed by atoms with Gasteiger partial charge in [-0.3, -0.25) is 14.8 Å². The molecule has 28 heavy (non-hydrogen) atoms. The standard InChI is InChI=1S/C22H26N4O2/c1-4-25-9-10-26(15(2)22(25)27)14-19-13-23-24-21(19)18-6-5-17-12-20(28-3)8-7-16(17)11-18/h5-8,11-13,15H,4,9-10,14H2,1-3H3,(H,23,24)/t15-/m0/s1. The average molecular weight is 378 g/mol. The van der Waals surface area contributed by atoms with Gasteiger partial charge in [0.15, 0.2) is 0 Å². The van der Waals surface area contributed by atoms with Gasteiger partial charge in [-0.15, -0.1) is 0 Å². The Labute approximate surface area is 165 Å². The van der Waals surface area contributed by atoms with Crippen LogP contribution in [0, 0.1) is 0 Å². The molecule has 0 aliphatic carbocycles. The fourth-order valence-corrected chi connectivity index (χ4v) is 3.91. The molecule has 0 bridgehead atoms. The first-order chi connectivity index (χ1) is 13.6. The molecule has 4 rings (SSSR count). The molecule has 1 aliphatic rings. The van der Waals surface area contributed by atoms with Gasteiger partial charge in [-0.2, -0.15) is 5.10 Å². The third-order valence-corrected chi connectivity index (χ3v) is 5.68. The summed E-state index contributed by atoms with van der Waals surface area (Å²) in [7, 11) is 1.68. The number of H-pyrrole nitrogens is 1. The van der Waals surface area contributed by atoms with E-state index < -0.39 is 0 Å². The number of methoxy groups -OCH3 is 1. The van der Waals surface area contributed by atoms with Crippen LogP contribution in [0.3, 0.4) is 0 Å². The number of nitrogens with zero attached hydrogens (tertiary/aromatic N) is 3. The zero-order valence-corrected chi connectivity index (χ0v) is 16.6. The summed E-state index contributed by atoms with van der Waals surface area (Å²) >= 11 is 0. The van der Waals surface area contributed by atoms with Crippen LogP contribution < -0.4 is 4.74 Å². The number of benzene rings is 2. The second-order valence-corrected chi connectivity index (χ2v) is 7.26. The minimum absolute atomic E-state index is 0.111. The SMILES string of the molecule is CCN1CCN(Cc2cn[nH]c2-c2ccc3cc(OC)ccc3c2)[C@@H](C)C1=O. The average Bonchev–Trinajstić information content (AvgIpc) is 3.19. The molecule has 1 saturated heterocycles. The molecule has 0 saturated carbocycles. The summed E-state index contributed by atoms with van der Waals surface area (Å²) in [5, 5.41) is 9.72. The van der Waals surface area contributed by atoms with Crippen LogP contribution in [0.25, 0.3) is 22.0 Å². The van der Waals surface area contributed by atoms with Crippen molar-refractivity contribution in [1.29, 1.82) is 0 Å². The van der Waals surface area contributed by atoms with E-state index in [4.69, 9.17) is 4.74 Å². The molecular formula is C22H26N4O2. The molecule has 1 amide bonds. The Bertz CT molecular complexity index is 997. The number of piperazine rings is 1. The monoisotopic (exact) mass is 378 g/mol. The van der Waals surface area contributed by atoms with E-state index in [-0.39, 0.29) is 11.9 Å². The van der Waals surface area contributed by atoms with E-state index in [1.54, 1.807) is 7.11 Å². The molecule has 1 aromatic heterocycles. The summed E-state index contributed by atoms with van der Waals surface area (Å²) in [6.07, 6.45) is 1.87. The molecule has 1 fully saturated rings. The van der Waals surface area contributed by atoms with Gasteiger partial charge < -0.3 is 9.64 Å². The van der Waals surface area contributed by atoms with Crippen molar-refractivity contribution in [3.63, 3.8) is 0 Å². The second kappa shape index (κ2) is 7.64. The third kappa shape index (κ3) is 3.36. The van der Waals surface area contributed by atoms with E-state index in [2.05, 4.69) is 39.4 Å². The molecule has 0 radical (unpaired) electrons. The molecule has 1 N–H and O–H groups in total. The zero-order chi connectivity index (χ0) is 19.7. The molecular weight excluding hydrogens is 352 g/mol. The highest BCUT2D eigenvalue weighted by Crippen LogP contribution is 2.29. The largest absolute Gasteiger partial charge is 0.497 e. The predicted octanol–water partition coefficient (Wildman–Crippen LogP) is 3.29. The number of carbonyl (C=O) groups excluding carboxylic acids is 1. The van der Waals surface area contributed by atoms with E-state index in [1.165, 1.54) is 0 Å². The lowest BCUT2D eigenvalue weighted by Crippen LogP contribution is -2.55. The highest BCUT2D eigenvalue weighted by atomic mass is 16.5. The quantitative estimate of drug-likeness (QED) is 0.740. The maximum Gasteiger partial charge on any atom is 0.239 e. The fourth-order valence-electron chi connectivity index (χ4n) is 3.91. The van der Waals surface area contributed by atoms with Gasteiger partial charge >= 0.3 is 0 Å². The smallest absolute Gasteiger partial charge is 0.239 e. The van der Waals surface area contributed by atoms with Crippen LogP contribution in [-0.4, -0.2) is 58.7 Å². The summed E-state index contributed by atoms with van der Waals surface area (Å²) in [4.78, 5) is 16.7. The first kappa shape index (κ1) is 18.5. The molecule has 0 unspecified atom stereocenters. The van der Waals surface area contributed by atoms with E-state index in [0.29, 0.717) is 6.54 Å². The molecule has 3 aromatic rings. The summed E-state index contributed by atoms with van der Waals surface area (Å²) in [6, 6.07) is 12.3. The Morgan fingerprint density at radius 2 is 1.96 bits per heavy atom. The number of aromatic nitrogens is 2. The van der Waals surface area contributed by atoms with E-state index in [0.717, 1.165) is 53.0 Å². The van der Waals surface area contributed by atoms with Gasteiger partial charge in [0.25, 0.3) is 0 Å². The lowest BCUT2D eigenvalue weighted by molar-refractivity contribution is -0.141. The maximum atomic E-state index is 12.5. The van der Waals surface area contributed by atoms with Gasteiger partial charge in [0.1, 0.15) is 5.75 Å². The molecule has 0 spiro atoms. The zero-order valence-electron chi connectivity index (χ0n) is 16.6. The number of fused-ring (bicyclic) bond motifs is 1. The van der Waals surface area contributed by atoms with E-state index in [9.17, 15) is 4.79 Å². The van der Waals surface area contributed by atoms with Crippen molar-refractivity contribution in [2.75, 3.05) is 26.7 Å². The van der Waals surface area contributed by atoms with Crippen LogP contribution in [0.4, 0.5) is 0 Å². The van der Waals surface area contributed by atoms with Crippen molar-refractivity contribution in [2.45, 2.75) is 26.4 Å². The number of amides is 1. The molecule has 2 aromatic carbocycles. The van der Waals surface area contributed by atoms with Gasteiger partial charge in [0.2, 0.25) is 5.91 Å². The molecule has 6 nitrogen and oxygen atoms in total. The number of rotatable bonds is 5. The van der Waals surface area contributed by atoms with Crippen LogP contribution in [0.5, 0.6) is 5.75 Å². The van der Waals surface area contributed by atoms with Gasteiger partial charge in [-0.05, 0) is 42.8 Å². The Kier molecular flexibility index (Phi) is 5.05. The fraction of sp³-hybridized carbons (Fsp3) is 0.364. The number of nitrogens with one attached hydrogen (secondary N) is 1. The van der Waals surface area contributed by atoms with Crippen LogP contribution in [0.1, 0.15) is 19.4 Å². The van der Waals surface area contributed by atoms with Crippen LogP contribution in [-0.2, 0) is 11.3 Å².